The summed E-state index contributed by atoms with van der Waals surface area (Å²) in [6.07, 6.45) is 7.03. The first kappa shape index (κ1) is 12.5. The van der Waals surface area contributed by atoms with Crippen molar-refractivity contribution < 1.29 is 4.79 Å². The first-order chi connectivity index (χ1) is 7.25. The topological polar surface area (TPSA) is 55.1 Å². The molecule has 0 spiro atoms. The molecule has 88 valence electrons. The van der Waals surface area contributed by atoms with Crippen LogP contribution in [-0.2, 0) is 4.79 Å². The highest BCUT2D eigenvalue weighted by molar-refractivity contribution is 5.78. The lowest BCUT2D eigenvalue weighted by Gasteiger charge is -2.10. The van der Waals surface area contributed by atoms with Gasteiger partial charge in [-0.1, -0.05) is 19.8 Å². The van der Waals surface area contributed by atoms with E-state index in [4.69, 9.17) is 5.73 Å². The van der Waals surface area contributed by atoms with Crippen molar-refractivity contribution in [2.75, 3.05) is 13.1 Å². The van der Waals surface area contributed by atoms with Gasteiger partial charge in [0.05, 0.1) is 0 Å². The van der Waals surface area contributed by atoms with Crippen molar-refractivity contribution in [2.45, 2.75) is 45.4 Å². The third-order valence-corrected chi connectivity index (χ3v) is 3.17. The average Bonchev–Trinajstić information content (AvgIpc) is 3.05. The van der Waals surface area contributed by atoms with Gasteiger partial charge in [0, 0.05) is 12.5 Å². The van der Waals surface area contributed by atoms with Gasteiger partial charge in [0.2, 0.25) is 5.91 Å². The summed E-state index contributed by atoms with van der Waals surface area (Å²) in [7, 11) is 0. The lowest BCUT2D eigenvalue weighted by molar-refractivity contribution is -0.125. The van der Waals surface area contributed by atoms with E-state index >= 15 is 0 Å². The maximum atomic E-state index is 11.6. The molecule has 3 heteroatoms. The summed E-state index contributed by atoms with van der Waals surface area (Å²) in [6, 6.07) is 0. The second kappa shape index (κ2) is 6.83. The second-order valence-corrected chi connectivity index (χ2v) is 4.62. The van der Waals surface area contributed by atoms with Gasteiger partial charge in [-0.05, 0) is 38.1 Å². The van der Waals surface area contributed by atoms with Gasteiger partial charge in [0.25, 0.3) is 0 Å². The molecule has 1 rings (SSSR count). The summed E-state index contributed by atoms with van der Waals surface area (Å²) in [5.41, 5.74) is 5.40. The molecule has 1 fully saturated rings. The van der Waals surface area contributed by atoms with Crippen LogP contribution in [0.15, 0.2) is 0 Å². The van der Waals surface area contributed by atoms with Crippen LogP contribution in [0.25, 0.3) is 0 Å². The number of rotatable bonds is 8. The predicted octanol–water partition coefficient (Wildman–Crippen LogP) is 1.67. The Morgan fingerprint density at radius 2 is 2.00 bits per heavy atom. The predicted molar refractivity (Wildman–Crippen MR) is 62.4 cm³/mol. The van der Waals surface area contributed by atoms with Crippen molar-refractivity contribution in [1.82, 2.24) is 5.32 Å². The number of carbonyl (C=O) groups excluding carboxylic acids is 1. The van der Waals surface area contributed by atoms with Gasteiger partial charge < -0.3 is 11.1 Å². The molecule has 0 saturated heterocycles. The SMILES string of the molecule is CC(C(=O)NCCCCCCN)C1CC1. The lowest BCUT2D eigenvalue weighted by atomic mass is 10.1. The first-order valence-corrected chi connectivity index (χ1v) is 6.23. The average molecular weight is 212 g/mol. The maximum Gasteiger partial charge on any atom is 0.223 e. The van der Waals surface area contributed by atoms with Crippen LogP contribution in [0.3, 0.4) is 0 Å². The Morgan fingerprint density at radius 1 is 1.33 bits per heavy atom. The van der Waals surface area contributed by atoms with Gasteiger partial charge in [0.15, 0.2) is 0 Å². The minimum Gasteiger partial charge on any atom is -0.356 e. The molecular formula is C12H24N2O. The van der Waals surface area contributed by atoms with Gasteiger partial charge in [-0.3, -0.25) is 4.79 Å². The fourth-order valence-corrected chi connectivity index (χ4v) is 1.81. The summed E-state index contributed by atoms with van der Waals surface area (Å²) in [6.45, 7) is 3.66. The summed E-state index contributed by atoms with van der Waals surface area (Å²) in [4.78, 5) is 11.6. The Balaban J connectivity index is 1.92. The fourth-order valence-electron chi connectivity index (χ4n) is 1.81. The number of carbonyl (C=O) groups is 1. The van der Waals surface area contributed by atoms with Gasteiger partial charge in [-0.25, -0.2) is 0 Å². The van der Waals surface area contributed by atoms with E-state index < -0.39 is 0 Å². The summed E-state index contributed by atoms with van der Waals surface area (Å²) in [5.74, 6) is 1.15. The first-order valence-electron chi connectivity index (χ1n) is 6.23. The lowest BCUT2D eigenvalue weighted by Crippen LogP contribution is -2.30. The number of nitrogens with two attached hydrogens (primary N) is 1. The Labute approximate surface area is 92.8 Å². The molecule has 0 aliphatic heterocycles. The molecule has 0 aromatic carbocycles. The largest absolute Gasteiger partial charge is 0.356 e. The molecule has 0 aromatic heterocycles. The zero-order chi connectivity index (χ0) is 11.1. The smallest absolute Gasteiger partial charge is 0.223 e. The minimum atomic E-state index is 0.231. The Bertz CT molecular complexity index is 190. The van der Waals surface area contributed by atoms with Crippen LogP contribution in [0.5, 0.6) is 0 Å². The Morgan fingerprint density at radius 3 is 2.60 bits per heavy atom. The second-order valence-electron chi connectivity index (χ2n) is 4.62. The zero-order valence-corrected chi connectivity index (χ0v) is 9.80. The van der Waals surface area contributed by atoms with Crippen molar-refractivity contribution >= 4 is 5.91 Å². The van der Waals surface area contributed by atoms with Gasteiger partial charge in [-0.2, -0.15) is 0 Å². The molecule has 3 N–H and O–H groups in total. The summed E-state index contributed by atoms with van der Waals surface area (Å²) >= 11 is 0. The van der Waals surface area contributed by atoms with Crippen molar-refractivity contribution in [3.05, 3.63) is 0 Å². The van der Waals surface area contributed by atoms with Gasteiger partial charge >= 0.3 is 0 Å². The molecule has 0 bridgehead atoms. The van der Waals surface area contributed by atoms with Crippen molar-refractivity contribution in [3.8, 4) is 0 Å². The van der Waals surface area contributed by atoms with Gasteiger partial charge in [0.1, 0.15) is 0 Å². The van der Waals surface area contributed by atoms with Crippen molar-refractivity contribution in [3.63, 3.8) is 0 Å². The molecule has 1 aliphatic rings. The Hall–Kier alpha value is -0.570. The highest BCUT2D eigenvalue weighted by Gasteiger charge is 2.32. The highest BCUT2D eigenvalue weighted by atomic mass is 16.1. The zero-order valence-electron chi connectivity index (χ0n) is 9.80. The third-order valence-electron chi connectivity index (χ3n) is 3.17. The highest BCUT2D eigenvalue weighted by Crippen LogP contribution is 2.36. The van der Waals surface area contributed by atoms with E-state index in [-0.39, 0.29) is 11.8 Å². The third kappa shape index (κ3) is 5.17. The van der Waals surface area contributed by atoms with E-state index in [1.54, 1.807) is 0 Å². The molecule has 1 atom stereocenters. The minimum absolute atomic E-state index is 0.231. The normalized spacial score (nSPS) is 17.5. The molecule has 0 radical (unpaired) electrons. The molecule has 15 heavy (non-hydrogen) atoms. The molecule has 1 unspecified atom stereocenters. The van der Waals surface area contributed by atoms with Crippen LogP contribution in [0.1, 0.15) is 45.4 Å². The number of nitrogens with one attached hydrogen (secondary N) is 1. The van der Waals surface area contributed by atoms with Crippen LogP contribution in [0.4, 0.5) is 0 Å². The van der Waals surface area contributed by atoms with E-state index in [2.05, 4.69) is 5.32 Å². The fraction of sp³-hybridized carbons (Fsp3) is 0.917. The monoisotopic (exact) mass is 212 g/mol. The van der Waals surface area contributed by atoms with Crippen LogP contribution in [0, 0.1) is 11.8 Å². The van der Waals surface area contributed by atoms with Crippen LogP contribution in [0.2, 0.25) is 0 Å². The van der Waals surface area contributed by atoms with Gasteiger partial charge in [-0.15, -0.1) is 0 Å². The number of unbranched alkanes of at least 4 members (excludes halogenated alkanes) is 3. The van der Waals surface area contributed by atoms with Crippen LogP contribution >= 0.6 is 0 Å². The molecule has 1 aliphatic carbocycles. The number of hydrogen-bond acceptors (Lipinski definition) is 2. The van der Waals surface area contributed by atoms with Crippen LogP contribution in [-0.4, -0.2) is 19.0 Å². The molecular weight excluding hydrogens is 188 g/mol. The molecule has 1 saturated carbocycles. The van der Waals surface area contributed by atoms with Crippen molar-refractivity contribution in [2.24, 2.45) is 17.6 Å². The van der Waals surface area contributed by atoms with E-state index in [9.17, 15) is 4.79 Å². The number of amides is 1. The number of hydrogen-bond donors (Lipinski definition) is 2. The molecule has 3 nitrogen and oxygen atoms in total. The quantitative estimate of drug-likeness (QED) is 0.601. The van der Waals surface area contributed by atoms with E-state index in [0.717, 1.165) is 25.9 Å². The van der Waals surface area contributed by atoms with E-state index in [0.29, 0.717) is 5.92 Å². The molecule has 0 heterocycles. The molecule has 1 amide bonds. The van der Waals surface area contributed by atoms with E-state index in [1.807, 2.05) is 6.92 Å². The maximum absolute atomic E-state index is 11.6. The van der Waals surface area contributed by atoms with Crippen molar-refractivity contribution in [1.29, 1.82) is 0 Å². The Kier molecular flexibility index (Phi) is 5.69. The summed E-state index contributed by atoms with van der Waals surface area (Å²) < 4.78 is 0. The van der Waals surface area contributed by atoms with Crippen LogP contribution < -0.4 is 11.1 Å². The van der Waals surface area contributed by atoms with E-state index in [1.165, 1.54) is 25.7 Å². The standard InChI is InChI=1S/C12H24N2O/c1-10(11-6-7-11)12(15)14-9-5-3-2-4-8-13/h10-11H,2-9,13H2,1H3,(H,14,15). The molecule has 0 aromatic rings. The summed E-state index contributed by atoms with van der Waals surface area (Å²) in [5, 5.41) is 3.01.